The number of rotatable bonds is 9. The summed E-state index contributed by atoms with van der Waals surface area (Å²) in [6.45, 7) is 6.36. The smallest absolute Gasteiger partial charge is 0.159 e. The number of halogens is 2. The van der Waals surface area contributed by atoms with E-state index in [-0.39, 0.29) is 6.04 Å². The van der Waals surface area contributed by atoms with Crippen LogP contribution in [0.3, 0.4) is 0 Å². The lowest BCUT2D eigenvalue weighted by molar-refractivity contribution is 0.136. The molecule has 4 heteroatoms. The third-order valence-corrected chi connectivity index (χ3v) is 2.96. The molecule has 0 aliphatic carbocycles. The lowest BCUT2D eigenvalue weighted by Gasteiger charge is -2.18. The van der Waals surface area contributed by atoms with E-state index in [9.17, 15) is 8.78 Å². The van der Waals surface area contributed by atoms with Gasteiger partial charge in [0.05, 0.1) is 0 Å². The maximum absolute atomic E-state index is 13.2. The van der Waals surface area contributed by atoms with Crippen molar-refractivity contribution in [3.63, 3.8) is 0 Å². The highest BCUT2D eigenvalue weighted by molar-refractivity contribution is 5.18. The van der Waals surface area contributed by atoms with Gasteiger partial charge in [-0.1, -0.05) is 13.0 Å². The summed E-state index contributed by atoms with van der Waals surface area (Å²) in [5.74, 6) is -1.58. The zero-order valence-corrected chi connectivity index (χ0v) is 11.7. The van der Waals surface area contributed by atoms with Gasteiger partial charge in [0.15, 0.2) is 11.6 Å². The zero-order valence-electron chi connectivity index (χ0n) is 11.7. The van der Waals surface area contributed by atoms with Gasteiger partial charge in [-0.25, -0.2) is 8.78 Å². The molecule has 0 amide bonds. The molecule has 1 N–H and O–H groups in total. The number of ether oxygens (including phenoxy) is 1. The van der Waals surface area contributed by atoms with Crippen LogP contribution < -0.4 is 5.32 Å². The number of hydrogen-bond acceptors (Lipinski definition) is 2. The second kappa shape index (κ2) is 8.99. The zero-order chi connectivity index (χ0) is 14.1. The van der Waals surface area contributed by atoms with Gasteiger partial charge in [-0.3, -0.25) is 0 Å². The average molecular weight is 271 g/mol. The van der Waals surface area contributed by atoms with Gasteiger partial charge in [-0.15, -0.1) is 0 Å². The van der Waals surface area contributed by atoms with Gasteiger partial charge < -0.3 is 10.1 Å². The van der Waals surface area contributed by atoms with Gasteiger partial charge in [-0.2, -0.15) is 0 Å². The largest absolute Gasteiger partial charge is 0.382 e. The first-order chi connectivity index (χ1) is 9.17. The van der Waals surface area contributed by atoms with Crippen molar-refractivity contribution in [1.82, 2.24) is 5.32 Å². The maximum Gasteiger partial charge on any atom is 0.159 e. The first-order valence-corrected chi connectivity index (χ1v) is 6.92. The van der Waals surface area contributed by atoms with Crippen molar-refractivity contribution < 1.29 is 13.5 Å². The fourth-order valence-electron chi connectivity index (χ4n) is 1.95. The molecule has 1 aromatic carbocycles. The predicted molar refractivity (Wildman–Crippen MR) is 73.3 cm³/mol. The molecular weight excluding hydrogens is 248 g/mol. The van der Waals surface area contributed by atoms with Crippen LogP contribution in [-0.2, 0) is 11.2 Å². The van der Waals surface area contributed by atoms with Crippen LogP contribution >= 0.6 is 0 Å². The minimum absolute atomic E-state index is 0.233. The number of benzene rings is 1. The van der Waals surface area contributed by atoms with E-state index in [0.29, 0.717) is 19.6 Å². The molecule has 0 aromatic heterocycles. The van der Waals surface area contributed by atoms with Gasteiger partial charge >= 0.3 is 0 Å². The average Bonchev–Trinajstić information content (AvgIpc) is 2.40. The Kier molecular flexibility index (Phi) is 7.60. The van der Waals surface area contributed by atoms with Crippen molar-refractivity contribution in [1.29, 1.82) is 0 Å². The van der Waals surface area contributed by atoms with E-state index in [1.165, 1.54) is 12.1 Å². The van der Waals surface area contributed by atoms with Gasteiger partial charge in [0.25, 0.3) is 0 Å². The van der Waals surface area contributed by atoms with Crippen LogP contribution in [0.1, 0.15) is 32.3 Å². The highest BCUT2D eigenvalue weighted by Crippen LogP contribution is 2.12. The van der Waals surface area contributed by atoms with Crippen molar-refractivity contribution in [3.05, 3.63) is 35.4 Å². The first-order valence-electron chi connectivity index (χ1n) is 6.92. The Morgan fingerprint density at radius 3 is 2.63 bits per heavy atom. The molecule has 1 rings (SSSR count). The van der Waals surface area contributed by atoms with Crippen LogP contribution in [0.15, 0.2) is 18.2 Å². The van der Waals surface area contributed by atoms with Crippen molar-refractivity contribution in [3.8, 4) is 0 Å². The van der Waals surface area contributed by atoms with Crippen LogP contribution in [0, 0.1) is 11.6 Å². The van der Waals surface area contributed by atoms with E-state index in [1.807, 2.05) is 6.92 Å². The summed E-state index contributed by atoms with van der Waals surface area (Å²) in [6, 6.07) is 4.33. The van der Waals surface area contributed by atoms with E-state index < -0.39 is 11.6 Å². The van der Waals surface area contributed by atoms with E-state index in [4.69, 9.17) is 4.74 Å². The summed E-state index contributed by atoms with van der Waals surface area (Å²) in [7, 11) is 0. The quantitative estimate of drug-likeness (QED) is 0.696. The van der Waals surface area contributed by atoms with Gasteiger partial charge in [0.2, 0.25) is 0 Å². The van der Waals surface area contributed by atoms with Gasteiger partial charge in [-0.05, 0) is 50.4 Å². The molecule has 0 heterocycles. The lowest BCUT2D eigenvalue weighted by Crippen LogP contribution is -2.33. The molecule has 0 aliphatic rings. The number of nitrogens with one attached hydrogen (secondary N) is 1. The minimum atomic E-state index is -0.795. The Hall–Kier alpha value is -1.00. The Balaban J connectivity index is 2.56. The fourth-order valence-corrected chi connectivity index (χ4v) is 1.95. The fraction of sp³-hybridized carbons (Fsp3) is 0.600. The first kappa shape index (κ1) is 16.1. The lowest BCUT2D eigenvalue weighted by atomic mass is 10.0. The monoisotopic (exact) mass is 271 g/mol. The summed E-state index contributed by atoms with van der Waals surface area (Å²) in [5, 5.41) is 3.41. The summed E-state index contributed by atoms with van der Waals surface area (Å²) in [6.07, 6.45) is 2.60. The molecule has 0 aliphatic heterocycles. The summed E-state index contributed by atoms with van der Waals surface area (Å²) >= 11 is 0. The standard InChI is InChI=1S/C15H23F2NO/c1-3-8-18-13(7-9-19-4-2)10-12-5-6-14(16)15(17)11-12/h5-6,11,13,18H,3-4,7-10H2,1-2H3. The molecule has 0 fully saturated rings. The summed E-state index contributed by atoms with van der Waals surface area (Å²) in [5.41, 5.74) is 0.809. The van der Waals surface area contributed by atoms with Crippen molar-refractivity contribution in [2.75, 3.05) is 19.8 Å². The Morgan fingerprint density at radius 2 is 2.00 bits per heavy atom. The molecule has 0 saturated carbocycles. The molecule has 0 spiro atoms. The van der Waals surface area contributed by atoms with Crippen LogP contribution in [0.4, 0.5) is 8.78 Å². The molecule has 0 radical (unpaired) electrons. The third-order valence-electron chi connectivity index (χ3n) is 2.96. The van der Waals surface area contributed by atoms with Crippen LogP contribution in [-0.4, -0.2) is 25.8 Å². The van der Waals surface area contributed by atoms with Crippen LogP contribution in [0.2, 0.25) is 0 Å². The second-order valence-electron chi connectivity index (χ2n) is 4.59. The van der Waals surface area contributed by atoms with Crippen molar-refractivity contribution >= 4 is 0 Å². The molecule has 1 atom stereocenters. The Labute approximate surface area is 114 Å². The molecule has 1 aromatic rings. The highest BCUT2D eigenvalue weighted by atomic mass is 19.2. The second-order valence-corrected chi connectivity index (χ2v) is 4.59. The molecule has 2 nitrogen and oxygen atoms in total. The molecule has 19 heavy (non-hydrogen) atoms. The highest BCUT2D eigenvalue weighted by Gasteiger charge is 2.10. The summed E-state index contributed by atoms with van der Waals surface area (Å²) in [4.78, 5) is 0. The topological polar surface area (TPSA) is 21.3 Å². The van der Waals surface area contributed by atoms with Crippen molar-refractivity contribution in [2.45, 2.75) is 39.2 Å². The molecule has 0 bridgehead atoms. The van der Waals surface area contributed by atoms with E-state index in [1.54, 1.807) is 6.07 Å². The van der Waals surface area contributed by atoms with Crippen LogP contribution in [0.25, 0.3) is 0 Å². The van der Waals surface area contributed by atoms with Crippen molar-refractivity contribution in [2.24, 2.45) is 0 Å². The van der Waals surface area contributed by atoms with Gasteiger partial charge in [0.1, 0.15) is 0 Å². The maximum atomic E-state index is 13.2. The Bertz CT molecular complexity index is 371. The van der Waals surface area contributed by atoms with E-state index in [2.05, 4.69) is 12.2 Å². The van der Waals surface area contributed by atoms with Crippen LogP contribution in [0.5, 0.6) is 0 Å². The predicted octanol–water partition coefficient (Wildman–Crippen LogP) is 3.30. The summed E-state index contributed by atoms with van der Waals surface area (Å²) < 4.78 is 31.4. The number of hydrogen-bond donors (Lipinski definition) is 1. The SMILES string of the molecule is CCCNC(CCOCC)Cc1ccc(F)c(F)c1. The van der Waals surface area contributed by atoms with Gasteiger partial charge in [0, 0.05) is 19.3 Å². The normalized spacial score (nSPS) is 12.6. The molecular formula is C15H23F2NO. The molecule has 1 unspecified atom stereocenters. The molecule has 108 valence electrons. The van der Waals surface area contributed by atoms with E-state index >= 15 is 0 Å². The Morgan fingerprint density at radius 1 is 1.21 bits per heavy atom. The molecule has 0 saturated heterocycles. The van der Waals surface area contributed by atoms with E-state index in [0.717, 1.165) is 24.9 Å². The third kappa shape index (κ3) is 6.12. The minimum Gasteiger partial charge on any atom is -0.382 e.